The summed E-state index contributed by atoms with van der Waals surface area (Å²) in [4.78, 5) is 4.48. The second-order valence-electron chi connectivity index (χ2n) is 6.39. The van der Waals surface area contributed by atoms with Crippen molar-refractivity contribution in [3.8, 4) is 11.4 Å². The SMILES string of the molecule is CCn1nccc1-c1cc(CC2CCN(S(C)(=O)=O)CC2)ccn1. The van der Waals surface area contributed by atoms with E-state index in [4.69, 9.17) is 0 Å². The standard InChI is InChI=1S/C17H24N4O2S/c1-3-21-17(5-9-19-21)16-13-15(4-8-18-16)12-14-6-10-20(11-7-14)24(2,22)23/h4-5,8-9,13-14H,3,6-7,10-12H2,1-2H3. The average Bonchev–Trinajstić information content (AvgIpc) is 3.03. The fraction of sp³-hybridized carbons (Fsp3) is 0.529. The Bertz CT molecular complexity index is 792. The molecule has 0 bridgehead atoms. The van der Waals surface area contributed by atoms with Crippen LogP contribution in [0.2, 0.25) is 0 Å². The van der Waals surface area contributed by atoms with Crippen molar-refractivity contribution in [3.05, 3.63) is 36.2 Å². The van der Waals surface area contributed by atoms with Crippen molar-refractivity contribution in [1.82, 2.24) is 19.1 Å². The van der Waals surface area contributed by atoms with Crippen LogP contribution in [0.25, 0.3) is 11.4 Å². The molecule has 3 heterocycles. The molecule has 0 atom stereocenters. The van der Waals surface area contributed by atoms with Gasteiger partial charge in [-0.3, -0.25) is 9.67 Å². The number of rotatable bonds is 5. The molecule has 1 saturated heterocycles. The molecule has 0 saturated carbocycles. The summed E-state index contributed by atoms with van der Waals surface area (Å²) in [6.45, 7) is 4.14. The minimum absolute atomic E-state index is 0.523. The zero-order valence-corrected chi connectivity index (χ0v) is 15.0. The molecule has 2 aromatic heterocycles. The van der Waals surface area contributed by atoms with E-state index >= 15 is 0 Å². The third-order valence-corrected chi connectivity index (χ3v) is 5.97. The monoisotopic (exact) mass is 348 g/mol. The van der Waals surface area contributed by atoms with Crippen LogP contribution < -0.4 is 0 Å². The number of hydrogen-bond acceptors (Lipinski definition) is 4. The highest BCUT2D eigenvalue weighted by atomic mass is 32.2. The number of hydrogen-bond donors (Lipinski definition) is 0. The Morgan fingerprint density at radius 2 is 1.96 bits per heavy atom. The van der Waals surface area contributed by atoms with Crippen LogP contribution in [0.15, 0.2) is 30.6 Å². The molecule has 0 spiro atoms. The van der Waals surface area contributed by atoms with E-state index in [1.54, 1.807) is 10.5 Å². The first-order valence-electron chi connectivity index (χ1n) is 8.39. The fourth-order valence-corrected chi connectivity index (χ4v) is 4.20. The number of pyridine rings is 1. The molecule has 0 unspecified atom stereocenters. The molecular formula is C17H24N4O2S. The first-order chi connectivity index (χ1) is 11.5. The van der Waals surface area contributed by atoms with Gasteiger partial charge in [0.15, 0.2) is 0 Å². The Balaban J connectivity index is 1.68. The van der Waals surface area contributed by atoms with Gasteiger partial charge in [0.1, 0.15) is 0 Å². The van der Waals surface area contributed by atoms with Crippen molar-refractivity contribution in [2.45, 2.75) is 32.7 Å². The first kappa shape index (κ1) is 17.1. The smallest absolute Gasteiger partial charge is 0.211 e. The summed E-state index contributed by atoms with van der Waals surface area (Å²) in [6.07, 6.45) is 7.74. The highest BCUT2D eigenvalue weighted by Gasteiger charge is 2.25. The lowest BCUT2D eigenvalue weighted by molar-refractivity contribution is 0.274. The van der Waals surface area contributed by atoms with Gasteiger partial charge in [-0.15, -0.1) is 0 Å². The first-order valence-corrected chi connectivity index (χ1v) is 10.2. The number of sulfonamides is 1. The van der Waals surface area contributed by atoms with E-state index in [1.807, 2.05) is 16.9 Å². The Hall–Kier alpha value is -1.73. The maximum Gasteiger partial charge on any atom is 0.211 e. The molecular weight excluding hydrogens is 324 g/mol. The topological polar surface area (TPSA) is 68.1 Å². The van der Waals surface area contributed by atoms with E-state index in [9.17, 15) is 8.42 Å². The summed E-state index contributed by atoms with van der Waals surface area (Å²) in [5.41, 5.74) is 3.23. The molecule has 6 nitrogen and oxygen atoms in total. The number of nitrogens with zero attached hydrogens (tertiary/aromatic N) is 4. The number of aromatic nitrogens is 3. The summed E-state index contributed by atoms with van der Waals surface area (Å²) in [7, 11) is -3.05. The van der Waals surface area contributed by atoms with Crippen molar-refractivity contribution >= 4 is 10.0 Å². The highest BCUT2D eigenvalue weighted by Crippen LogP contribution is 2.25. The number of aryl methyl sites for hydroxylation is 1. The van der Waals surface area contributed by atoms with Gasteiger partial charge in [0.05, 0.1) is 17.6 Å². The van der Waals surface area contributed by atoms with E-state index in [0.717, 1.165) is 37.2 Å². The van der Waals surface area contributed by atoms with Gasteiger partial charge in [0, 0.05) is 32.0 Å². The van der Waals surface area contributed by atoms with Gasteiger partial charge < -0.3 is 0 Å². The van der Waals surface area contributed by atoms with Gasteiger partial charge in [-0.05, 0) is 55.9 Å². The van der Waals surface area contributed by atoms with E-state index in [1.165, 1.54) is 11.8 Å². The van der Waals surface area contributed by atoms with Gasteiger partial charge in [0.25, 0.3) is 0 Å². The van der Waals surface area contributed by atoms with Crippen LogP contribution in [0.4, 0.5) is 0 Å². The van der Waals surface area contributed by atoms with E-state index in [0.29, 0.717) is 19.0 Å². The average molecular weight is 348 g/mol. The molecule has 1 aliphatic heterocycles. The van der Waals surface area contributed by atoms with Crippen LogP contribution in [0, 0.1) is 5.92 Å². The summed E-state index contributed by atoms with van der Waals surface area (Å²) in [6, 6.07) is 6.17. The van der Waals surface area contributed by atoms with Gasteiger partial charge in [-0.1, -0.05) is 0 Å². The molecule has 7 heteroatoms. The van der Waals surface area contributed by atoms with Gasteiger partial charge >= 0.3 is 0 Å². The minimum atomic E-state index is -3.05. The van der Waals surface area contributed by atoms with E-state index < -0.39 is 10.0 Å². The largest absolute Gasteiger partial charge is 0.264 e. The molecule has 0 radical (unpaired) electrons. The predicted octanol–water partition coefficient (Wildman–Crippen LogP) is 2.18. The highest BCUT2D eigenvalue weighted by molar-refractivity contribution is 7.88. The lowest BCUT2D eigenvalue weighted by Crippen LogP contribution is -2.38. The molecule has 1 aliphatic rings. The summed E-state index contributed by atoms with van der Waals surface area (Å²) < 4.78 is 26.7. The maximum atomic E-state index is 11.6. The van der Waals surface area contributed by atoms with E-state index in [-0.39, 0.29) is 0 Å². The van der Waals surface area contributed by atoms with Crippen molar-refractivity contribution in [2.24, 2.45) is 5.92 Å². The Morgan fingerprint density at radius 3 is 2.62 bits per heavy atom. The zero-order valence-electron chi connectivity index (χ0n) is 14.2. The third-order valence-electron chi connectivity index (χ3n) is 4.67. The van der Waals surface area contributed by atoms with Crippen LogP contribution >= 0.6 is 0 Å². The zero-order chi connectivity index (χ0) is 17.2. The van der Waals surface area contributed by atoms with Crippen LogP contribution in [0.3, 0.4) is 0 Å². The fourth-order valence-electron chi connectivity index (χ4n) is 3.32. The predicted molar refractivity (Wildman–Crippen MR) is 94.0 cm³/mol. The Kier molecular flexibility index (Phi) is 5.01. The molecule has 130 valence electrons. The van der Waals surface area contributed by atoms with Crippen LogP contribution in [0.1, 0.15) is 25.3 Å². The Labute approximate surface area is 143 Å². The second kappa shape index (κ2) is 7.03. The molecule has 2 aromatic rings. The Morgan fingerprint density at radius 1 is 1.21 bits per heavy atom. The molecule has 0 aliphatic carbocycles. The molecule has 0 aromatic carbocycles. The molecule has 1 fully saturated rings. The van der Waals surface area contributed by atoms with Crippen molar-refractivity contribution in [1.29, 1.82) is 0 Å². The summed E-state index contributed by atoms with van der Waals surface area (Å²) in [5.74, 6) is 0.523. The molecule has 24 heavy (non-hydrogen) atoms. The van der Waals surface area contributed by atoms with Crippen molar-refractivity contribution in [2.75, 3.05) is 19.3 Å². The molecule has 3 rings (SSSR count). The molecule has 0 N–H and O–H groups in total. The summed E-state index contributed by atoms with van der Waals surface area (Å²) in [5, 5.41) is 4.30. The lowest BCUT2D eigenvalue weighted by atomic mass is 9.91. The lowest BCUT2D eigenvalue weighted by Gasteiger charge is -2.30. The molecule has 0 amide bonds. The third kappa shape index (κ3) is 3.84. The number of piperidine rings is 1. The van der Waals surface area contributed by atoms with Crippen molar-refractivity contribution < 1.29 is 8.42 Å². The normalized spacial score (nSPS) is 17.2. The second-order valence-corrected chi connectivity index (χ2v) is 8.37. The van der Waals surface area contributed by atoms with Gasteiger partial charge in [-0.25, -0.2) is 12.7 Å². The van der Waals surface area contributed by atoms with Gasteiger partial charge in [0.2, 0.25) is 10.0 Å². The van der Waals surface area contributed by atoms with Crippen LogP contribution in [-0.4, -0.2) is 46.8 Å². The van der Waals surface area contributed by atoms with Crippen LogP contribution in [0.5, 0.6) is 0 Å². The quantitative estimate of drug-likeness (QED) is 0.830. The summed E-state index contributed by atoms with van der Waals surface area (Å²) >= 11 is 0. The van der Waals surface area contributed by atoms with E-state index in [2.05, 4.69) is 29.1 Å². The maximum absolute atomic E-state index is 11.6. The minimum Gasteiger partial charge on any atom is -0.264 e. The van der Waals surface area contributed by atoms with Gasteiger partial charge in [-0.2, -0.15) is 5.10 Å². The van der Waals surface area contributed by atoms with Crippen LogP contribution in [-0.2, 0) is 23.0 Å². The van der Waals surface area contributed by atoms with Crippen molar-refractivity contribution in [3.63, 3.8) is 0 Å².